The SMILES string of the molecule is CCOC(=O)CCCn1ncc2ccccc21. The molecule has 0 spiro atoms. The molecule has 0 aliphatic rings. The first kappa shape index (κ1) is 11.6. The van der Waals surface area contributed by atoms with E-state index in [0.717, 1.165) is 23.9 Å². The third-order valence-electron chi connectivity index (χ3n) is 2.61. The molecule has 4 nitrogen and oxygen atoms in total. The molecule has 0 amide bonds. The second-order valence-electron chi connectivity index (χ2n) is 3.84. The van der Waals surface area contributed by atoms with Crippen LogP contribution in [0.1, 0.15) is 19.8 Å². The lowest BCUT2D eigenvalue weighted by atomic mass is 10.2. The average Bonchev–Trinajstić information content (AvgIpc) is 2.73. The van der Waals surface area contributed by atoms with E-state index in [1.807, 2.05) is 42.1 Å². The number of nitrogens with zero attached hydrogens (tertiary/aromatic N) is 2. The highest BCUT2D eigenvalue weighted by molar-refractivity contribution is 5.78. The van der Waals surface area contributed by atoms with Gasteiger partial charge in [0.1, 0.15) is 0 Å². The van der Waals surface area contributed by atoms with Gasteiger partial charge in [0.05, 0.1) is 18.3 Å². The van der Waals surface area contributed by atoms with Crippen LogP contribution in [0, 0.1) is 0 Å². The van der Waals surface area contributed by atoms with Crippen molar-refractivity contribution < 1.29 is 9.53 Å². The van der Waals surface area contributed by atoms with Gasteiger partial charge in [0.15, 0.2) is 0 Å². The Bertz CT molecular complexity index is 505. The van der Waals surface area contributed by atoms with Gasteiger partial charge in [-0.25, -0.2) is 0 Å². The largest absolute Gasteiger partial charge is 0.466 e. The van der Waals surface area contributed by atoms with E-state index in [1.54, 1.807) is 0 Å². The minimum Gasteiger partial charge on any atom is -0.466 e. The maximum absolute atomic E-state index is 11.2. The van der Waals surface area contributed by atoms with Gasteiger partial charge in [0.25, 0.3) is 0 Å². The van der Waals surface area contributed by atoms with Crippen LogP contribution in [0.5, 0.6) is 0 Å². The summed E-state index contributed by atoms with van der Waals surface area (Å²) in [5, 5.41) is 5.43. The summed E-state index contributed by atoms with van der Waals surface area (Å²) in [5.41, 5.74) is 1.11. The Morgan fingerprint density at radius 1 is 1.41 bits per heavy atom. The van der Waals surface area contributed by atoms with Crippen molar-refractivity contribution in [3.05, 3.63) is 30.5 Å². The van der Waals surface area contributed by atoms with Crippen LogP contribution in [-0.2, 0) is 16.1 Å². The summed E-state index contributed by atoms with van der Waals surface area (Å²) < 4.78 is 6.81. The first-order valence-corrected chi connectivity index (χ1v) is 5.87. The summed E-state index contributed by atoms with van der Waals surface area (Å²) in [6, 6.07) is 8.05. The lowest BCUT2D eigenvalue weighted by molar-refractivity contribution is -0.143. The quantitative estimate of drug-likeness (QED) is 0.743. The molecule has 0 unspecified atom stereocenters. The van der Waals surface area contributed by atoms with Gasteiger partial charge in [0.2, 0.25) is 0 Å². The number of ether oxygens (including phenoxy) is 1. The highest BCUT2D eigenvalue weighted by Gasteiger charge is 2.04. The van der Waals surface area contributed by atoms with Crippen molar-refractivity contribution in [3.8, 4) is 0 Å². The number of hydrogen-bond acceptors (Lipinski definition) is 3. The number of aryl methyl sites for hydroxylation is 1. The van der Waals surface area contributed by atoms with Crippen LogP contribution in [0.15, 0.2) is 30.5 Å². The van der Waals surface area contributed by atoms with E-state index < -0.39 is 0 Å². The summed E-state index contributed by atoms with van der Waals surface area (Å²) in [7, 11) is 0. The zero-order valence-electron chi connectivity index (χ0n) is 9.93. The van der Waals surface area contributed by atoms with Crippen LogP contribution in [0.3, 0.4) is 0 Å². The molecular formula is C13H16N2O2. The number of carbonyl (C=O) groups is 1. The second-order valence-corrected chi connectivity index (χ2v) is 3.84. The van der Waals surface area contributed by atoms with Crippen LogP contribution >= 0.6 is 0 Å². The summed E-state index contributed by atoms with van der Waals surface area (Å²) in [6.45, 7) is 3.01. The fourth-order valence-electron chi connectivity index (χ4n) is 1.81. The zero-order chi connectivity index (χ0) is 12.1. The molecule has 0 saturated heterocycles. The van der Waals surface area contributed by atoms with Crippen LogP contribution < -0.4 is 0 Å². The molecule has 0 atom stereocenters. The first-order chi connectivity index (χ1) is 8.31. The van der Waals surface area contributed by atoms with E-state index in [0.29, 0.717) is 13.0 Å². The van der Waals surface area contributed by atoms with E-state index in [4.69, 9.17) is 4.74 Å². The van der Waals surface area contributed by atoms with Crippen LogP contribution in [0.2, 0.25) is 0 Å². The minimum absolute atomic E-state index is 0.135. The fraction of sp³-hybridized carbons (Fsp3) is 0.385. The standard InChI is InChI=1S/C13H16N2O2/c1-2-17-13(16)8-5-9-15-12-7-4-3-6-11(12)10-14-15/h3-4,6-7,10H,2,5,8-9H2,1H3. The van der Waals surface area contributed by atoms with Crippen molar-refractivity contribution >= 4 is 16.9 Å². The molecule has 0 N–H and O–H groups in total. The molecule has 0 saturated carbocycles. The van der Waals surface area contributed by atoms with Crippen molar-refractivity contribution in [1.29, 1.82) is 0 Å². The molecule has 2 aromatic rings. The number of hydrogen-bond donors (Lipinski definition) is 0. The topological polar surface area (TPSA) is 44.1 Å². The molecule has 2 rings (SSSR count). The number of benzene rings is 1. The molecule has 1 aromatic heterocycles. The Balaban J connectivity index is 1.93. The summed E-state index contributed by atoms with van der Waals surface area (Å²) in [4.78, 5) is 11.2. The highest BCUT2D eigenvalue weighted by atomic mass is 16.5. The predicted molar refractivity (Wildman–Crippen MR) is 65.6 cm³/mol. The monoisotopic (exact) mass is 232 g/mol. The van der Waals surface area contributed by atoms with Crippen molar-refractivity contribution in [1.82, 2.24) is 9.78 Å². The smallest absolute Gasteiger partial charge is 0.305 e. The molecule has 0 aliphatic heterocycles. The lowest BCUT2D eigenvalue weighted by Gasteiger charge is -2.03. The van der Waals surface area contributed by atoms with Crippen LogP contribution in [0.4, 0.5) is 0 Å². The Kier molecular flexibility index (Phi) is 3.75. The molecule has 4 heteroatoms. The van der Waals surface area contributed by atoms with Crippen molar-refractivity contribution in [2.24, 2.45) is 0 Å². The summed E-state index contributed by atoms with van der Waals surface area (Å²) in [6.07, 6.45) is 3.05. The van der Waals surface area contributed by atoms with E-state index in [-0.39, 0.29) is 5.97 Å². The Labute approximate surface area is 100 Å². The van der Waals surface area contributed by atoms with Gasteiger partial charge in [-0.1, -0.05) is 18.2 Å². The van der Waals surface area contributed by atoms with Crippen LogP contribution in [-0.4, -0.2) is 22.4 Å². The van der Waals surface area contributed by atoms with Gasteiger partial charge in [-0.05, 0) is 19.4 Å². The first-order valence-electron chi connectivity index (χ1n) is 5.87. The van der Waals surface area contributed by atoms with E-state index in [2.05, 4.69) is 5.10 Å². The van der Waals surface area contributed by atoms with Crippen molar-refractivity contribution in [2.45, 2.75) is 26.3 Å². The molecule has 0 radical (unpaired) electrons. The molecule has 0 bridgehead atoms. The van der Waals surface area contributed by atoms with Crippen molar-refractivity contribution in [2.75, 3.05) is 6.61 Å². The summed E-state index contributed by atoms with van der Waals surface area (Å²) in [5.74, 6) is -0.135. The molecule has 0 fully saturated rings. The third-order valence-corrected chi connectivity index (χ3v) is 2.61. The zero-order valence-corrected chi connectivity index (χ0v) is 9.93. The maximum Gasteiger partial charge on any atom is 0.305 e. The Hall–Kier alpha value is -1.84. The van der Waals surface area contributed by atoms with E-state index >= 15 is 0 Å². The molecule has 17 heavy (non-hydrogen) atoms. The molecule has 0 aliphatic carbocycles. The Morgan fingerprint density at radius 3 is 3.06 bits per heavy atom. The van der Waals surface area contributed by atoms with Gasteiger partial charge in [-0.2, -0.15) is 5.10 Å². The Morgan fingerprint density at radius 2 is 2.24 bits per heavy atom. The maximum atomic E-state index is 11.2. The molecular weight excluding hydrogens is 216 g/mol. The highest BCUT2D eigenvalue weighted by Crippen LogP contribution is 2.13. The number of aromatic nitrogens is 2. The predicted octanol–water partition coefficient (Wildman–Crippen LogP) is 2.38. The molecule has 1 heterocycles. The molecule has 90 valence electrons. The third kappa shape index (κ3) is 2.84. The molecule has 1 aromatic carbocycles. The number of carbonyl (C=O) groups excluding carboxylic acids is 1. The average molecular weight is 232 g/mol. The number of para-hydroxylation sites is 1. The van der Waals surface area contributed by atoms with Gasteiger partial charge < -0.3 is 4.74 Å². The lowest BCUT2D eigenvalue weighted by Crippen LogP contribution is -2.07. The van der Waals surface area contributed by atoms with Crippen molar-refractivity contribution in [3.63, 3.8) is 0 Å². The normalized spacial score (nSPS) is 10.6. The number of fused-ring (bicyclic) bond motifs is 1. The minimum atomic E-state index is -0.135. The fourth-order valence-corrected chi connectivity index (χ4v) is 1.81. The van der Waals surface area contributed by atoms with Crippen LogP contribution in [0.25, 0.3) is 10.9 Å². The van der Waals surface area contributed by atoms with E-state index in [1.165, 1.54) is 0 Å². The van der Waals surface area contributed by atoms with Gasteiger partial charge in [-0.15, -0.1) is 0 Å². The van der Waals surface area contributed by atoms with Gasteiger partial charge >= 0.3 is 5.97 Å². The number of esters is 1. The summed E-state index contributed by atoms with van der Waals surface area (Å²) >= 11 is 0. The second kappa shape index (κ2) is 5.48. The van der Waals surface area contributed by atoms with Gasteiger partial charge in [0, 0.05) is 18.4 Å². The van der Waals surface area contributed by atoms with Gasteiger partial charge in [-0.3, -0.25) is 9.48 Å². The number of rotatable bonds is 5. The van der Waals surface area contributed by atoms with E-state index in [9.17, 15) is 4.79 Å².